The lowest BCUT2D eigenvalue weighted by Crippen LogP contribution is -2.54. The summed E-state index contributed by atoms with van der Waals surface area (Å²) in [7, 11) is 0. The van der Waals surface area contributed by atoms with Gasteiger partial charge in [0.1, 0.15) is 6.04 Å². The number of aliphatic hydroxyl groups is 1. The molecule has 0 saturated carbocycles. The fourth-order valence-electron chi connectivity index (χ4n) is 1.50. The van der Waals surface area contributed by atoms with E-state index in [-0.39, 0.29) is 18.5 Å². The predicted molar refractivity (Wildman–Crippen MR) is 64.6 cm³/mol. The first-order valence-corrected chi connectivity index (χ1v) is 6.75. The molecule has 16 heavy (non-hydrogen) atoms. The third-order valence-corrected chi connectivity index (χ3v) is 3.25. The number of rotatable bonds is 5. The smallest absolute Gasteiger partial charge is 0.239 e. The number of hydrogen-bond acceptors (Lipinski definition) is 5. The lowest BCUT2D eigenvalue weighted by molar-refractivity contribution is -0.126. The Morgan fingerprint density at radius 2 is 2.50 bits per heavy atom. The maximum atomic E-state index is 11.7. The highest BCUT2D eigenvalue weighted by Crippen LogP contribution is 2.09. The minimum atomic E-state index is -0.857. The molecular formula is C10H20N2O3S. The van der Waals surface area contributed by atoms with Crippen molar-refractivity contribution in [2.24, 2.45) is 0 Å². The fourth-order valence-corrected chi connectivity index (χ4v) is 2.22. The van der Waals surface area contributed by atoms with Crippen LogP contribution in [0.2, 0.25) is 0 Å². The highest BCUT2D eigenvalue weighted by molar-refractivity contribution is 7.98. The molecule has 3 N–H and O–H groups in total. The van der Waals surface area contributed by atoms with Gasteiger partial charge in [0, 0.05) is 18.8 Å². The Kier molecular flexibility index (Phi) is 5.54. The van der Waals surface area contributed by atoms with Crippen LogP contribution in [0.5, 0.6) is 0 Å². The molecule has 2 unspecified atom stereocenters. The summed E-state index contributed by atoms with van der Waals surface area (Å²) in [6, 6.07) is -0.293. The summed E-state index contributed by atoms with van der Waals surface area (Å²) in [4.78, 5) is 11.7. The minimum absolute atomic E-state index is 0.110. The maximum absolute atomic E-state index is 11.7. The first-order valence-electron chi connectivity index (χ1n) is 5.35. The summed E-state index contributed by atoms with van der Waals surface area (Å²) in [6.45, 7) is 3.73. The van der Waals surface area contributed by atoms with E-state index in [1.807, 2.05) is 6.26 Å². The van der Waals surface area contributed by atoms with E-state index in [2.05, 4.69) is 10.6 Å². The number of hydrogen-bond donors (Lipinski definition) is 3. The zero-order chi connectivity index (χ0) is 12.0. The van der Waals surface area contributed by atoms with E-state index in [1.54, 1.807) is 18.7 Å². The molecule has 6 heteroatoms. The molecule has 0 spiro atoms. The molecule has 1 aliphatic heterocycles. The molecule has 5 nitrogen and oxygen atoms in total. The molecule has 94 valence electrons. The van der Waals surface area contributed by atoms with Crippen molar-refractivity contribution in [2.75, 3.05) is 38.3 Å². The standard InChI is InChI=1S/C10H20N2O3S/c1-10(14,7-16-2)6-12-9(13)8-5-15-4-3-11-8/h8,11,14H,3-7H2,1-2H3,(H,12,13). The zero-order valence-electron chi connectivity index (χ0n) is 9.78. The molecule has 0 aromatic heterocycles. The summed E-state index contributed by atoms with van der Waals surface area (Å²) in [6.07, 6.45) is 1.92. The molecule has 1 aliphatic rings. The Bertz CT molecular complexity index is 230. The van der Waals surface area contributed by atoms with E-state index < -0.39 is 5.60 Å². The summed E-state index contributed by atoms with van der Waals surface area (Å²) in [5, 5.41) is 15.7. The lowest BCUT2D eigenvalue weighted by atomic mass is 10.1. The Hall–Kier alpha value is -0.300. The quantitative estimate of drug-likeness (QED) is 0.594. The second kappa shape index (κ2) is 6.44. The number of carbonyl (C=O) groups excluding carboxylic acids is 1. The first kappa shape index (κ1) is 13.8. The highest BCUT2D eigenvalue weighted by atomic mass is 32.2. The monoisotopic (exact) mass is 248 g/mol. The van der Waals surface area contributed by atoms with Crippen molar-refractivity contribution in [1.29, 1.82) is 0 Å². The van der Waals surface area contributed by atoms with E-state index in [1.165, 1.54) is 0 Å². The molecule has 2 atom stereocenters. The van der Waals surface area contributed by atoms with E-state index in [0.29, 0.717) is 25.5 Å². The third-order valence-electron chi connectivity index (χ3n) is 2.34. The van der Waals surface area contributed by atoms with Gasteiger partial charge in [0.2, 0.25) is 5.91 Å². The van der Waals surface area contributed by atoms with Crippen LogP contribution in [0.1, 0.15) is 6.92 Å². The van der Waals surface area contributed by atoms with Crippen molar-refractivity contribution in [3.05, 3.63) is 0 Å². The van der Waals surface area contributed by atoms with Crippen LogP contribution in [-0.2, 0) is 9.53 Å². The lowest BCUT2D eigenvalue weighted by Gasteiger charge is -2.26. The Morgan fingerprint density at radius 3 is 3.06 bits per heavy atom. The van der Waals surface area contributed by atoms with Gasteiger partial charge < -0.3 is 20.5 Å². The van der Waals surface area contributed by atoms with Gasteiger partial charge in [-0.2, -0.15) is 11.8 Å². The van der Waals surface area contributed by atoms with Gasteiger partial charge in [-0.3, -0.25) is 4.79 Å². The third kappa shape index (κ3) is 4.69. The molecule has 0 aromatic rings. The minimum Gasteiger partial charge on any atom is -0.387 e. The summed E-state index contributed by atoms with van der Waals surface area (Å²) in [5.74, 6) is 0.489. The fraction of sp³-hybridized carbons (Fsp3) is 0.900. The van der Waals surface area contributed by atoms with Crippen molar-refractivity contribution in [3.63, 3.8) is 0 Å². The van der Waals surface area contributed by atoms with E-state index >= 15 is 0 Å². The molecule has 0 bridgehead atoms. The molecular weight excluding hydrogens is 228 g/mol. The van der Waals surface area contributed by atoms with Gasteiger partial charge in [0.25, 0.3) is 0 Å². The molecule has 0 radical (unpaired) electrons. The van der Waals surface area contributed by atoms with Crippen molar-refractivity contribution in [2.45, 2.75) is 18.6 Å². The van der Waals surface area contributed by atoms with Crippen LogP contribution in [0.25, 0.3) is 0 Å². The van der Waals surface area contributed by atoms with Crippen LogP contribution < -0.4 is 10.6 Å². The van der Waals surface area contributed by atoms with E-state index in [0.717, 1.165) is 0 Å². The van der Waals surface area contributed by atoms with Gasteiger partial charge in [-0.1, -0.05) is 0 Å². The molecule has 0 aliphatic carbocycles. The predicted octanol–water partition coefficient (Wildman–Crippen LogP) is -0.795. The van der Waals surface area contributed by atoms with Gasteiger partial charge in [0.15, 0.2) is 0 Å². The van der Waals surface area contributed by atoms with Crippen LogP contribution in [0.4, 0.5) is 0 Å². The maximum Gasteiger partial charge on any atom is 0.239 e. The number of carbonyl (C=O) groups is 1. The van der Waals surface area contributed by atoms with Crippen LogP contribution >= 0.6 is 11.8 Å². The van der Waals surface area contributed by atoms with Crippen LogP contribution in [0.15, 0.2) is 0 Å². The number of morpholine rings is 1. The number of nitrogens with one attached hydrogen (secondary N) is 2. The van der Waals surface area contributed by atoms with E-state index in [9.17, 15) is 9.90 Å². The summed E-state index contributed by atoms with van der Waals surface area (Å²) in [5.41, 5.74) is -0.857. The number of ether oxygens (including phenoxy) is 1. The molecule has 1 amide bonds. The van der Waals surface area contributed by atoms with Crippen LogP contribution in [0, 0.1) is 0 Å². The topological polar surface area (TPSA) is 70.6 Å². The largest absolute Gasteiger partial charge is 0.387 e. The second-order valence-corrected chi connectivity index (χ2v) is 5.10. The van der Waals surface area contributed by atoms with Crippen molar-refractivity contribution in [3.8, 4) is 0 Å². The van der Waals surface area contributed by atoms with Crippen molar-refractivity contribution < 1.29 is 14.6 Å². The Balaban J connectivity index is 2.28. The van der Waals surface area contributed by atoms with Gasteiger partial charge in [0.05, 0.1) is 18.8 Å². The van der Waals surface area contributed by atoms with Crippen LogP contribution in [0.3, 0.4) is 0 Å². The average Bonchev–Trinajstić information content (AvgIpc) is 2.27. The molecule has 0 aromatic carbocycles. The Morgan fingerprint density at radius 1 is 1.75 bits per heavy atom. The van der Waals surface area contributed by atoms with Crippen molar-refractivity contribution in [1.82, 2.24) is 10.6 Å². The molecule has 1 heterocycles. The normalized spacial score (nSPS) is 24.8. The average molecular weight is 248 g/mol. The first-order chi connectivity index (χ1) is 7.55. The summed E-state index contributed by atoms with van der Waals surface area (Å²) < 4.78 is 5.19. The van der Waals surface area contributed by atoms with Gasteiger partial charge in [-0.15, -0.1) is 0 Å². The SMILES string of the molecule is CSCC(C)(O)CNC(=O)C1COCCN1. The zero-order valence-corrected chi connectivity index (χ0v) is 10.6. The number of amides is 1. The Labute approximate surface area is 100 Å². The van der Waals surface area contributed by atoms with Crippen molar-refractivity contribution >= 4 is 17.7 Å². The molecule has 1 rings (SSSR count). The highest BCUT2D eigenvalue weighted by Gasteiger charge is 2.25. The van der Waals surface area contributed by atoms with E-state index in [4.69, 9.17) is 4.74 Å². The van der Waals surface area contributed by atoms with Gasteiger partial charge in [-0.05, 0) is 13.2 Å². The molecule has 1 saturated heterocycles. The van der Waals surface area contributed by atoms with Gasteiger partial charge in [-0.25, -0.2) is 0 Å². The number of thioether (sulfide) groups is 1. The second-order valence-electron chi connectivity index (χ2n) is 4.23. The summed E-state index contributed by atoms with van der Waals surface area (Å²) >= 11 is 1.55. The van der Waals surface area contributed by atoms with Gasteiger partial charge >= 0.3 is 0 Å². The van der Waals surface area contributed by atoms with Crippen LogP contribution in [-0.4, -0.2) is 61.0 Å². The molecule has 1 fully saturated rings.